The summed E-state index contributed by atoms with van der Waals surface area (Å²) in [7, 11) is 0. The van der Waals surface area contributed by atoms with Crippen molar-refractivity contribution < 1.29 is 15.4 Å². The molecule has 0 aliphatic heterocycles. The van der Waals surface area contributed by atoms with Gasteiger partial charge in [0.25, 0.3) is 5.56 Å². The lowest BCUT2D eigenvalue weighted by atomic mass is 10.3. The third-order valence-corrected chi connectivity index (χ3v) is 3.14. The molecule has 0 fully saturated rings. The molecule has 0 aliphatic carbocycles. The number of aromatic carboxylic acids is 1. The maximum atomic E-state index is 11.7. The Kier molecular flexibility index (Phi) is 5.36. The molecule has 0 saturated heterocycles. The van der Waals surface area contributed by atoms with Crippen molar-refractivity contribution in [2.24, 2.45) is 0 Å². The number of hydrogen-bond donors (Lipinski definition) is 1. The number of nitrogens with zero attached hydrogens (tertiary/aromatic N) is 2. The van der Waals surface area contributed by atoms with Crippen LogP contribution in [0.1, 0.15) is 30.4 Å². The van der Waals surface area contributed by atoms with Crippen LogP contribution in [0.4, 0.5) is 0 Å². The normalized spacial score (nSPS) is 10.2. The zero-order valence-electron chi connectivity index (χ0n) is 8.90. The van der Waals surface area contributed by atoms with E-state index in [-0.39, 0.29) is 11.5 Å². The summed E-state index contributed by atoms with van der Waals surface area (Å²) >= 11 is 7.14. The minimum absolute atomic E-state index is 0. The summed E-state index contributed by atoms with van der Waals surface area (Å²) in [4.78, 5) is 34.2. The first-order valence-electron chi connectivity index (χ1n) is 4.25. The fourth-order valence-electron chi connectivity index (χ4n) is 1.20. The van der Waals surface area contributed by atoms with Crippen molar-refractivity contribution >= 4 is 40.4 Å². The molecule has 96 valence electrons. The zero-order valence-corrected chi connectivity index (χ0v) is 11.8. The predicted octanol–water partition coefficient (Wildman–Crippen LogP) is 0.316. The van der Waals surface area contributed by atoms with E-state index < -0.39 is 27.9 Å². The number of carbonyl (C=O) groups is 1. The fraction of sp³-hybridized carbons (Fsp3) is 0.375. The summed E-state index contributed by atoms with van der Waals surface area (Å²) in [6.45, 7) is 3.27. The molecule has 17 heavy (non-hydrogen) atoms. The van der Waals surface area contributed by atoms with Crippen LogP contribution in [0.2, 0.25) is 5.02 Å². The highest BCUT2D eigenvalue weighted by atomic mass is 127. The van der Waals surface area contributed by atoms with Crippen LogP contribution in [0, 0.1) is 0 Å². The third-order valence-electron chi connectivity index (χ3n) is 1.90. The minimum Gasteiger partial charge on any atom is -0.476 e. The Morgan fingerprint density at radius 3 is 2.24 bits per heavy atom. The number of carboxylic acid groups (broad SMARTS) is 1. The molecular weight excluding hydrogens is 366 g/mol. The first-order valence-corrected chi connectivity index (χ1v) is 5.59. The molecular formula is C8H10ClIN2O5. The van der Waals surface area contributed by atoms with Gasteiger partial charge in [-0.25, -0.2) is 12.4 Å². The van der Waals surface area contributed by atoms with Crippen LogP contribution >= 0.6 is 34.5 Å². The monoisotopic (exact) mass is 376 g/mol. The average Bonchev–Trinajstić information content (AvgIpc) is 2.14. The maximum Gasteiger partial charge on any atom is 0.355 e. The van der Waals surface area contributed by atoms with Gasteiger partial charge in [-0.1, -0.05) is 11.6 Å². The highest BCUT2D eigenvalue weighted by Gasteiger charge is 2.22. The average molecular weight is 377 g/mol. The van der Waals surface area contributed by atoms with E-state index in [0.29, 0.717) is 0 Å². The number of aromatic nitrogens is 2. The van der Waals surface area contributed by atoms with Gasteiger partial charge in [-0.3, -0.25) is 9.36 Å². The molecule has 0 bridgehead atoms. The second-order valence-electron chi connectivity index (χ2n) is 3.30. The molecule has 0 amide bonds. The SMILES string of the molecule is CC(C)n1c(=O)c(Cl)c(C(=O)O)n(I)c1=O.O. The van der Waals surface area contributed by atoms with Crippen molar-refractivity contribution in [3.63, 3.8) is 0 Å². The molecule has 0 saturated carbocycles. The summed E-state index contributed by atoms with van der Waals surface area (Å²) in [6.07, 6.45) is 0. The molecule has 0 radical (unpaired) electrons. The molecule has 0 aromatic carbocycles. The molecule has 9 heteroatoms. The Balaban J connectivity index is 0.00000256. The van der Waals surface area contributed by atoms with Crippen LogP contribution in [0.25, 0.3) is 0 Å². The van der Waals surface area contributed by atoms with E-state index in [1.807, 2.05) is 0 Å². The quantitative estimate of drug-likeness (QED) is 0.749. The molecule has 1 rings (SSSR count). The molecule has 3 N–H and O–H groups in total. The van der Waals surface area contributed by atoms with Crippen molar-refractivity contribution in [1.29, 1.82) is 0 Å². The number of halogens is 2. The molecule has 0 aliphatic rings. The minimum atomic E-state index is -1.41. The zero-order chi connectivity index (χ0) is 12.6. The Labute approximate surface area is 114 Å². The van der Waals surface area contributed by atoms with E-state index in [4.69, 9.17) is 16.7 Å². The molecule has 1 heterocycles. The van der Waals surface area contributed by atoms with Gasteiger partial charge in [0.1, 0.15) is 5.02 Å². The van der Waals surface area contributed by atoms with Crippen LogP contribution in [0.3, 0.4) is 0 Å². The van der Waals surface area contributed by atoms with Crippen LogP contribution in [-0.4, -0.2) is 23.9 Å². The van der Waals surface area contributed by atoms with Gasteiger partial charge >= 0.3 is 11.7 Å². The van der Waals surface area contributed by atoms with Gasteiger partial charge in [0, 0.05) is 6.04 Å². The highest BCUT2D eigenvalue weighted by Crippen LogP contribution is 2.12. The third kappa shape index (κ3) is 2.69. The van der Waals surface area contributed by atoms with Crippen molar-refractivity contribution in [3.05, 3.63) is 31.6 Å². The van der Waals surface area contributed by atoms with Crippen LogP contribution in [0.5, 0.6) is 0 Å². The van der Waals surface area contributed by atoms with Crippen LogP contribution < -0.4 is 11.2 Å². The van der Waals surface area contributed by atoms with Gasteiger partial charge in [0.2, 0.25) is 0 Å². The topological polar surface area (TPSA) is 113 Å². The number of rotatable bonds is 2. The van der Waals surface area contributed by atoms with E-state index >= 15 is 0 Å². The molecule has 0 spiro atoms. The van der Waals surface area contributed by atoms with E-state index in [9.17, 15) is 14.4 Å². The van der Waals surface area contributed by atoms with Gasteiger partial charge < -0.3 is 10.6 Å². The molecule has 0 unspecified atom stereocenters. The van der Waals surface area contributed by atoms with Gasteiger partial charge in [-0.15, -0.1) is 0 Å². The van der Waals surface area contributed by atoms with Gasteiger partial charge in [-0.05, 0) is 13.8 Å². The van der Waals surface area contributed by atoms with E-state index in [0.717, 1.165) is 7.35 Å². The molecule has 1 aromatic heterocycles. The van der Waals surface area contributed by atoms with Crippen molar-refractivity contribution in [3.8, 4) is 0 Å². The van der Waals surface area contributed by atoms with E-state index in [1.165, 1.54) is 22.9 Å². The molecule has 0 atom stereocenters. The lowest BCUT2D eigenvalue weighted by Gasteiger charge is -2.12. The van der Waals surface area contributed by atoms with Gasteiger partial charge in [0.05, 0.1) is 22.9 Å². The van der Waals surface area contributed by atoms with Crippen molar-refractivity contribution in [1.82, 2.24) is 7.35 Å². The summed E-state index contributed by atoms with van der Waals surface area (Å²) < 4.78 is 1.73. The Bertz CT molecular complexity index is 525. The highest BCUT2D eigenvalue weighted by molar-refractivity contribution is 14.1. The second-order valence-corrected chi connectivity index (χ2v) is 4.64. The smallest absolute Gasteiger partial charge is 0.355 e. The first-order chi connectivity index (χ1) is 7.29. The fourth-order valence-corrected chi connectivity index (χ4v) is 2.28. The van der Waals surface area contributed by atoms with Crippen LogP contribution in [0.15, 0.2) is 9.59 Å². The summed E-state index contributed by atoms with van der Waals surface area (Å²) in [5.41, 5.74) is -2.00. The summed E-state index contributed by atoms with van der Waals surface area (Å²) in [5.74, 6) is -1.41. The Morgan fingerprint density at radius 1 is 1.41 bits per heavy atom. The molecule has 1 aromatic rings. The Morgan fingerprint density at radius 2 is 1.88 bits per heavy atom. The first kappa shape index (κ1) is 16.1. The van der Waals surface area contributed by atoms with Crippen molar-refractivity contribution in [2.45, 2.75) is 19.9 Å². The van der Waals surface area contributed by atoms with Crippen LogP contribution in [-0.2, 0) is 0 Å². The Hall–Kier alpha value is -0.870. The summed E-state index contributed by atoms with van der Waals surface area (Å²) in [5, 5.41) is 8.36. The largest absolute Gasteiger partial charge is 0.476 e. The van der Waals surface area contributed by atoms with Crippen molar-refractivity contribution in [2.75, 3.05) is 0 Å². The lowest BCUT2D eigenvalue weighted by molar-refractivity contribution is 0.0688. The number of carboxylic acids is 1. The van der Waals surface area contributed by atoms with E-state index in [2.05, 4.69) is 0 Å². The molecule has 7 nitrogen and oxygen atoms in total. The summed E-state index contributed by atoms with van der Waals surface area (Å²) in [6, 6.07) is -0.388. The lowest BCUT2D eigenvalue weighted by Crippen LogP contribution is -2.41. The van der Waals surface area contributed by atoms with E-state index in [1.54, 1.807) is 13.8 Å². The number of hydrogen-bond acceptors (Lipinski definition) is 3. The second kappa shape index (κ2) is 5.65. The van der Waals surface area contributed by atoms with Gasteiger partial charge in [0.15, 0.2) is 5.69 Å². The maximum absolute atomic E-state index is 11.7. The standard InChI is InChI=1S/C8H8ClIN2O4.H2O/c1-3(2)11-6(13)4(9)5(7(14)15)12(10)8(11)16;/h3H,1-2H3,(H,14,15);1H2. The van der Waals surface area contributed by atoms with Gasteiger partial charge in [-0.2, -0.15) is 0 Å². The predicted molar refractivity (Wildman–Crippen MR) is 70.3 cm³/mol.